The Kier molecular flexibility index (Phi) is 6.20. The van der Waals surface area contributed by atoms with E-state index in [9.17, 15) is 13.2 Å². The first-order chi connectivity index (χ1) is 13.4. The lowest BCUT2D eigenvalue weighted by Gasteiger charge is -2.41. The van der Waals surface area contributed by atoms with Crippen LogP contribution in [-0.4, -0.2) is 38.4 Å². The van der Waals surface area contributed by atoms with E-state index in [2.05, 4.69) is 6.92 Å². The summed E-state index contributed by atoms with van der Waals surface area (Å²) in [6, 6.07) is 14.0. The summed E-state index contributed by atoms with van der Waals surface area (Å²) in [7, 11) is -3.86. The third-order valence-corrected chi connectivity index (χ3v) is 6.65. The monoisotopic (exact) mass is 401 g/mol. The van der Waals surface area contributed by atoms with Crippen LogP contribution in [0.3, 0.4) is 0 Å². The maximum absolute atomic E-state index is 12.9. The average Bonchev–Trinajstić information content (AvgIpc) is 2.68. The van der Waals surface area contributed by atoms with E-state index in [-0.39, 0.29) is 29.4 Å². The minimum Gasteiger partial charge on any atom is -0.335 e. The highest BCUT2D eigenvalue weighted by atomic mass is 32.2. The first kappa shape index (κ1) is 20.6. The van der Waals surface area contributed by atoms with E-state index in [0.29, 0.717) is 12.1 Å². The lowest BCUT2D eigenvalue weighted by atomic mass is 9.81. The van der Waals surface area contributed by atoms with Gasteiger partial charge in [0.05, 0.1) is 11.5 Å². The van der Waals surface area contributed by atoms with Gasteiger partial charge in [0.1, 0.15) is 0 Å². The first-order valence-electron chi connectivity index (χ1n) is 9.75. The second-order valence-corrected chi connectivity index (χ2v) is 8.81. The van der Waals surface area contributed by atoms with Gasteiger partial charge in [0, 0.05) is 24.1 Å². The summed E-state index contributed by atoms with van der Waals surface area (Å²) in [5.41, 5.74) is 2.49. The molecule has 0 aromatic heterocycles. The molecule has 0 N–H and O–H groups in total. The van der Waals surface area contributed by atoms with E-state index in [0.717, 1.165) is 24.0 Å². The molecule has 0 aliphatic carbocycles. The lowest BCUT2D eigenvalue weighted by Crippen LogP contribution is -2.49. The van der Waals surface area contributed by atoms with Crippen LogP contribution in [0.1, 0.15) is 54.1 Å². The van der Waals surface area contributed by atoms with Crippen LogP contribution in [-0.2, 0) is 14.3 Å². The second-order valence-electron chi connectivity index (χ2n) is 7.19. The molecule has 150 valence electrons. The molecular weight excluding hydrogens is 374 g/mol. The van der Waals surface area contributed by atoms with Crippen molar-refractivity contribution in [2.45, 2.75) is 50.5 Å². The van der Waals surface area contributed by atoms with Gasteiger partial charge in [-0.15, -0.1) is 0 Å². The largest absolute Gasteiger partial charge is 0.335 e. The highest BCUT2D eigenvalue weighted by Crippen LogP contribution is 2.36. The number of amides is 1. The van der Waals surface area contributed by atoms with Crippen molar-refractivity contribution in [2.24, 2.45) is 0 Å². The molecule has 0 unspecified atom stereocenters. The molecule has 2 aromatic rings. The number of carbonyl (C=O) groups excluding carboxylic acids is 1. The van der Waals surface area contributed by atoms with Crippen LogP contribution in [0.25, 0.3) is 0 Å². The molecule has 3 rings (SSSR count). The molecule has 0 spiro atoms. The standard InChI is InChI=1S/C22H27NO4S/c1-4-8-21-20(15-27-28(25,26)17-13-11-16(3)12-14-17)18-9-6-7-10-19(18)22(24)23(21)5-2/h6-7,9-14,20-21H,4-5,8,15H2,1-3H3/t20-,21+/m1/s1. The highest BCUT2D eigenvalue weighted by molar-refractivity contribution is 7.86. The number of nitrogens with zero attached hydrogens (tertiary/aromatic N) is 1. The predicted molar refractivity (Wildman–Crippen MR) is 109 cm³/mol. The van der Waals surface area contributed by atoms with E-state index in [4.69, 9.17) is 4.18 Å². The van der Waals surface area contributed by atoms with Crippen molar-refractivity contribution < 1.29 is 17.4 Å². The normalized spacial score (nSPS) is 19.5. The Hall–Kier alpha value is -2.18. The molecule has 1 amide bonds. The molecule has 6 heteroatoms. The first-order valence-corrected chi connectivity index (χ1v) is 11.2. The minimum absolute atomic E-state index is 0.00851. The van der Waals surface area contributed by atoms with Gasteiger partial charge in [-0.1, -0.05) is 49.2 Å². The van der Waals surface area contributed by atoms with Gasteiger partial charge in [0.15, 0.2) is 0 Å². The van der Waals surface area contributed by atoms with Crippen LogP contribution in [0.4, 0.5) is 0 Å². The molecule has 0 saturated carbocycles. The lowest BCUT2D eigenvalue weighted by molar-refractivity contribution is 0.0579. The molecule has 0 fully saturated rings. The molecule has 2 aromatic carbocycles. The van der Waals surface area contributed by atoms with Crippen molar-refractivity contribution in [3.63, 3.8) is 0 Å². The van der Waals surface area contributed by atoms with Gasteiger partial charge >= 0.3 is 0 Å². The number of fused-ring (bicyclic) bond motifs is 1. The summed E-state index contributed by atoms with van der Waals surface area (Å²) in [6.07, 6.45) is 1.70. The summed E-state index contributed by atoms with van der Waals surface area (Å²) >= 11 is 0. The number of hydrogen-bond acceptors (Lipinski definition) is 4. The van der Waals surface area contributed by atoms with Gasteiger partial charge in [-0.05, 0) is 44.0 Å². The van der Waals surface area contributed by atoms with E-state index in [1.165, 1.54) is 0 Å². The molecule has 1 aliphatic heterocycles. The highest BCUT2D eigenvalue weighted by Gasteiger charge is 2.39. The fraction of sp³-hybridized carbons (Fsp3) is 0.409. The van der Waals surface area contributed by atoms with Crippen molar-refractivity contribution in [3.05, 3.63) is 65.2 Å². The van der Waals surface area contributed by atoms with E-state index >= 15 is 0 Å². The van der Waals surface area contributed by atoms with Crippen molar-refractivity contribution in [1.82, 2.24) is 4.90 Å². The number of aryl methyl sites for hydroxylation is 1. The number of carbonyl (C=O) groups is 1. The summed E-state index contributed by atoms with van der Waals surface area (Å²) in [5, 5.41) is 0. The Bertz CT molecular complexity index is 937. The molecule has 0 saturated heterocycles. The Balaban J connectivity index is 1.92. The summed E-state index contributed by atoms with van der Waals surface area (Å²) in [4.78, 5) is 14.9. The quantitative estimate of drug-likeness (QED) is 0.655. The van der Waals surface area contributed by atoms with Gasteiger partial charge in [-0.2, -0.15) is 8.42 Å². The van der Waals surface area contributed by atoms with Gasteiger partial charge in [0.2, 0.25) is 0 Å². The van der Waals surface area contributed by atoms with Gasteiger partial charge in [-0.25, -0.2) is 0 Å². The zero-order valence-corrected chi connectivity index (χ0v) is 17.4. The molecule has 1 aliphatic rings. The van der Waals surface area contributed by atoms with Crippen molar-refractivity contribution in [2.75, 3.05) is 13.2 Å². The Morgan fingerprint density at radius 2 is 1.71 bits per heavy atom. The molecule has 1 heterocycles. The van der Waals surface area contributed by atoms with Crippen LogP contribution in [0.15, 0.2) is 53.4 Å². The Labute approximate surface area is 167 Å². The fourth-order valence-electron chi connectivity index (χ4n) is 3.91. The average molecular weight is 402 g/mol. The zero-order chi connectivity index (χ0) is 20.3. The summed E-state index contributed by atoms with van der Waals surface area (Å²) in [6.45, 7) is 6.53. The summed E-state index contributed by atoms with van der Waals surface area (Å²) < 4.78 is 30.8. The van der Waals surface area contributed by atoms with E-state index in [1.807, 2.05) is 43.0 Å². The van der Waals surface area contributed by atoms with Gasteiger partial charge < -0.3 is 4.90 Å². The second kappa shape index (κ2) is 8.45. The van der Waals surface area contributed by atoms with E-state index < -0.39 is 10.1 Å². The third-order valence-electron chi connectivity index (χ3n) is 5.35. The number of hydrogen-bond donors (Lipinski definition) is 0. The van der Waals surface area contributed by atoms with Crippen LogP contribution in [0.2, 0.25) is 0 Å². The topological polar surface area (TPSA) is 63.7 Å². The van der Waals surface area contributed by atoms with E-state index in [1.54, 1.807) is 24.3 Å². The SMILES string of the molecule is CCC[C@H]1[C@H](COS(=O)(=O)c2ccc(C)cc2)c2ccccc2C(=O)N1CC. The van der Waals surface area contributed by atoms with Crippen LogP contribution >= 0.6 is 0 Å². The summed E-state index contributed by atoms with van der Waals surface area (Å²) in [5.74, 6) is -0.178. The fourth-order valence-corrected chi connectivity index (χ4v) is 4.84. The van der Waals surface area contributed by atoms with Crippen LogP contribution in [0.5, 0.6) is 0 Å². The number of benzene rings is 2. The Morgan fingerprint density at radius 3 is 2.36 bits per heavy atom. The smallest absolute Gasteiger partial charge is 0.296 e. The van der Waals surface area contributed by atoms with Gasteiger partial charge in [0.25, 0.3) is 16.0 Å². The van der Waals surface area contributed by atoms with Crippen LogP contribution < -0.4 is 0 Å². The van der Waals surface area contributed by atoms with Crippen molar-refractivity contribution in [1.29, 1.82) is 0 Å². The number of rotatable bonds is 7. The van der Waals surface area contributed by atoms with Gasteiger partial charge in [-0.3, -0.25) is 8.98 Å². The maximum atomic E-state index is 12.9. The van der Waals surface area contributed by atoms with Crippen molar-refractivity contribution >= 4 is 16.0 Å². The molecule has 28 heavy (non-hydrogen) atoms. The molecule has 2 atom stereocenters. The maximum Gasteiger partial charge on any atom is 0.296 e. The molecule has 0 radical (unpaired) electrons. The van der Waals surface area contributed by atoms with Crippen molar-refractivity contribution in [3.8, 4) is 0 Å². The zero-order valence-electron chi connectivity index (χ0n) is 16.6. The predicted octanol–water partition coefficient (Wildman–Crippen LogP) is 4.13. The molecule has 0 bridgehead atoms. The molecular formula is C22H27NO4S. The molecule has 5 nitrogen and oxygen atoms in total. The third kappa shape index (κ3) is 3.98. The number of likely N-dealkylation sites (N-methyl/N-ethyl adjacent to an activating group) is 1. The minimum atomic E-state index is -3.86. The Morgan fingerprint density at radius 1 is 1.04 bits per heavy atom. The van der Waals surface area contributed by atoms with Crippen LogP contribution in [0, 0.1) is 6.92 Å².